The van der Waals surface area contributed by atoms with Crippen molar-refractivity contribution in [1.82, 2.24) is 4.90 Å². The van der Waals surface area contributed by atoms with Gasteiger partial charge in [-0.05, 0) is 30.7 Å². The molecular weight excluding hydrogens is 219 g/mol. The number of halogens is 1. The highest BCUT2D eigenvalue weighted by Crippen LogP contribution is 2.18. The largest absolute Gasteiger partial charge is 0.494 e. The lowest BCUT2D eigenvalue weighted by molar-refractivity contribution is 0.273. The summed E-state index contributed by atoms with van der Waals surface area (Å²) < 4.78 is 18.4. The van der Waals surface area contributed by atoms with Gasteiger partial charge in [-0.25, -0.2) is 4.39 Å². The molecule has 2 N–H and O–H groups in total. The maximum absolute atomic E-state index is 13.5. The molecule has 4 heteroatoms. The number of hydrogen-bond donors (Lipinski definition) is 1. The van der Waals surface area contributed by atoms with Crippen LogP contribution in [0.3, 0.4) is 0 Å². The Bertz CT molecular complexity index is 338. The van der Waals surface area contributed by atoms with Crippen LogP contribution < -0.4 is 10.5 Å². The van der Waals surface area contributed by atoms with Crippen molar-refractivity contribution in [3.8, 4) is 5.75 Å². The van der Waals surface area contributed by atoms with Crippen LogP contribution in [-0.2, 0) is 6.54 Å². The lowest BCUT2D eigenvalue weighted by Gasteiger charge is -2.21. The van der Waals surface area contributed by atoms with Gasteiger partial charge in [-0.1, -0.05) is 13.0 Å². The number of hydrogen-bond acceptors (Lipinski definition) is 3. The summed E-state index contributed by atoms with van der Waals surface area (Å²) >= 11 is 0. The molecule has 1 aromatic rings. The smallest absolute Gasteiger partial charge is 0.165 e. The second kappa shape index (κ2) is 7.25. The van der Waals surface area contributed by atoms with Gasteiger partial charge in [0.1, 0.15) is 0 Å². The fraction of sp³-hybridized carbons (Fsp3) is 0.538. The molecule has 17 heavy (non-hydrogen) atoms. The molecule has 0 bridgehead atoms. The zero-order valence-corrected chi connectivity index (χ0v) is 10.6. The van der Waals surface area contributed by atoms with E-state index in [9.17, 15) is 4.39 Å². The van der Waals surface area contributed by atoms with Crippen LogP contribution >= 0.6 is 0 Å². The third-order valence-corrected chi connectivity index (χ3v) is 2.61. The number of rotatable bonds is 7. The first kappa shape index (κ1) is 13.9. The van der Waals surface area contributed by atoms with Crippen LogP contribution in [0.2, 0.25) is 0 Å². The predicted octanol–water partition coefficient (Wildman–Crippen LogP) is 2.00. The Morgan fingerprint density at radius 3 is 2.65 bits per heavy atom. The average molecular weight is 240 g/mol. The minimum atomic E-state index is -0.311. The molecule has 0 spiro atoms. The van der Waals surface area contributed by atoms with Crippen LogP contribution in [0, 0.1) is 5.82 Å². The van der Waals surface area contributed by atoms with Crippen molar-refractivity contribution in [1.29, 1.82) is 0 Å². The second-order valence-corrected chi connectivity index (χ2v) is 4.03. The zero-order chi connectivity index (χ0) is 12.7. The highest BCUT2D eigenvalue weighted by molar-refractivity contribution is 5.29. The topological polar surface area (TPSA) is 38.5 Å². The van der Waals surface area contributed by atoms with E-state index in [1.54, 1.807) is 6.07 Å². The van der Waals surface area contributed by atoms with Gasteiger partial charge in [-0.3, -0.25) is 4.90 Å². The highest BCUT2D eigenvalue weighted by Gasteiger charge is 2.07. The predicted molar refractivity (Wildman–Crippen MR) is 67.6 cm³/mol. The van der Waals surface area contributed by atoms with E-state index in [-0.39, 0.29) is 11.6 Å². The van der Waals surface area contributed by atoms with Crippen molar-refractivity contribution < 1.29 is 9.13 Å². The fourth-order valence-corrected chi connectivity index (χ4v) is 1.84. The van der Waals surface area contributed by atoms with Crippen molar-refractivity contribution in [3.63, 3.8) is 0 Å². The monoisotopic (exact) mass is 240 g/mol. The van der Waals surface area contributed by atoms with Gasteiger partial charge < -0.3 is 10.5 Å². The third kappa shape index (κ3) is 4.32. The summed E-state index contributed by atoms with van der Waals surface area (Å²) in [6.07, 6.45) is 1.07. The van der Waals surface area contributed by atoms with Crippen LogP contribution in [0.4, 0.5) is 4.39 Å². The van der Waals surface area contributed by atoms with Crippen LogP contribution in [0.15, 0.2) is 18.2 Å². The van der Waals surface area contributed by atoms with Crippen molar-refractivity contribution >= 4 is 0 Å². The molecule has 96 valence electrons. The maximum atomic E-state index is 13.5. The number of ether oxygens (including phenoxy) is 1. The molecule has 0 saturated heterocycles. The molecule has 3 nitrogen and oxygen atoms in total. The standard InChI is InChI=1S/C13H21FN2O/c1-3-7-16(8-6-15)10-11-4-5-13(17-2)12(14)9-11/h4-5,9H,3,6-8,10,15H2,1-2H3. The van der Waals surface area contributed by atoms with Crippen LogP contribution in [0.25, 0.3) is 0 Å². The molecule has 0 saturated carbocycles. The summed E-state index contributed by atoms with van der Waals surface area (Å²) in [7, 11) is 1.47. The number of methoxy groups -OCH3 is 1. The molecule has 0 radical (unpaired) electrons. The Balaban J connectivity index is 2.68. The van der Waals surface area contributed by atoms with E-state index in [2.05, 4.69) is 11.8 Å². The molecule has 0 aliphatic rings. The van der Waals surface area contributed by atoms with Gasteiger partial charge >= 0.3 is 0 Å². The lowest BCUT2D eigenvalue weighted by atomic mass is 10.2. The van der Waals surface area contributed by atoms with E-state index in [4.69, 9.17) is 10.5 Å². The molecular formula is C13H21FN2O. The number of nitrogens with two attached hydrogens (primary N) is 1. The first-order chi connectivity index (χ1) is 8.21. The van der Waals surface area contributed by atoms with E-state index in [0.717, 1.165) is 31.6 Å². The van der Waals surface area contributed by atoms with Crippen LogP contribution in [0.1, 0.15) is 18.9 Å². The Morgan fingerprint density at radius 1 is 1.35 bits per heavy atom. The second-order valence-electron chi connectivity index (χ2n) is 4.03. The molecule has 0 heterocycles. The van der Waals surface area contributed by atoms with Gasteiger partial charge in [-0.2, -0.15) is 0 Å². The quantitative estimate of drug-likeness (QED) is 0.792. The van der Waals surface area contributed by atoms with Gasteiger partial charge in [0.05, 0.1) is 7.11 Å². The summed E-state index contributed by atoms with van der Waals surface area (Å²) in [6, 6.07) is 5.08. The van der Waals surface area contributed by atoms with Gasteiger partial charge in [0.25, 0.3) is 0 Å². The van der Waals surface area contributed by atoms with E-state index in [1.165, 1.54) is 13.2 Å². The highest BCUT2D eigenvalue weighted by atomic mass is 19.1. The third-order valence-electron chi connectivity index (χ3n) is 2.61. The Labute approximate surface area is 102 Å². The summed E-state index contributed by atoms with van der Waals surface area (Å²) in [5.74, 6) is -0.0242. The normalized spacial score (nSPS) is 10.9. The molecule has 1 aromatic carbocycles. The van der Waals surface area contributed by atoms with E-state index in [1.807, 2.05) is 6.07 Å². The summed E-state index contributed by atoms with van der Waals surface area (Å²) in [5, 5.41) is 0. The van der Waals surface area contributed by atoms with Crippen LogP contribution in [-0.4, -0.2) is 31.6 Å². The van der Waals surface area contributed by atoms with E-state index < -0.39 is 0 Å². The van der Waals surface area contributed by atoms with Crippen molar-refractivity contribution in [3.05, 3.63) is 29.6 Å². The molecule has 0 aliphatic heterocycles. The molecule has 1 rings (SSSR count). The molecule has 0 aliphatic carbocycles. The van der Waals surface area contributed by atoms with E-state index in [0.29, 0.717) is 6.54 Å². The molecule has 0 amide bonds. The van der Waals surface area contributed by atoms with Crippen LogP contribution in [0.5, 0.6) is 5.75 Å². The van der Waals surface area contributed by atoms with Gasteiger partial charge in [0.2, 0.25) is 0 Å². The lowest BCUT2D eigenvalue weighted by Crippen LogP contribution is -2.29. The first-order valence-electron chi connectivity index (χ1n) is 5.96. The summed E-state index contributed by atoms with van der Waals surface area (Å²) in [5.41, 5.74) is 6.50. The van der Waals surface area contributed by atoms with Gasteiger partial charge in [0.15, 0.2) is 11.6 Å². The SMILES string of the molecule is CCCN(CCN)Cc1ccc(OC)c(F)c1. The average Bonchev–Trinajstić information content (AvgIpc) is 2.30. The Hall–Kier alpha value is -1.13. The Morgan fingerprint density at radius 2 is 2.12 bits per heavy atom. The van der Waals surface area contributed by atoms with E-state index >= 15 is 0 Å². The van der Waals surface area contributed by atoms with Crippen molar-refractivity contribution in [2.75, 3.05) is 26.7 Å². The summed E-state index contributed by atoms with van der Waals surface area (Å²) in [4.78, 5) is 2.22. The molecule has 0 fully saturated rings. The fourth-order valence-electron chi connectivity index (χ4n) is 1.84. The molecule has 0 aromatic heterocycles. The zero-order valence-electron chi connectivity index (χ0n) is 10.6. The van der Waals surface area contributed by atoms with Gasteiger partial charge in [0, 0.05) is 19.6 Å². The Kier molecular flexibility index (Phi) is 5.94. The molecule has 0 atom stereocenters. The maximum Gasteiger partial charge on any atom is 0.165 e. The first-order valence-corrected chi connectivity index (χ1v) is 5.96. The summed E-state index contributed by atoms with van der Waals surface area (Å²) in [6.45, 7) is 5.29. The van der Waals surface area contributed by atoms with Crippen molar-refractivity contribution in [2.45, 2.75) is 19.9 Å². The number of benzene rings is 1. The van der Waals surface area contributed by atoms with Crippen molar-refractivity contribution in [2.24, 2.45) is 5.73 Å². The molecule has 0 unspecified atom stereocenters. The minimum absolute atomic E-state index is 0.287. The number of nitrogens with zero attached hydrogens (tertiary/aromatic N) is 1. The van der Waals surface area contributed by atoms with Gasteiger partial charge in [-0.15, -0.1) is 0 Å². The minimum Gasteiger partial charge on any atom is -0.494 e.